The van der Waals surface area contributed by atoms with Crippen molar-refractivity contribution in [1.82, 2.24) is 4.98 Å². The predicted molar refractivity (Wildman–Crippen MR) is 92.7 cm³/mol. The van der Waals surface area contributed by atoms with E-state index in [4.69, 9.17) is 11.6 Å². The Hall–Kier alpha value is -1.91. The number of carbonyl (C=O) groups excluding carboxylic acids is 1. The van der Waals surface area contributed by atoms with Gasteiger partial charge in [-0.25, -0.2) is 4.98 Å². The van der Waals surface area contributed by atoms with Crippen LogP contribution in [-0.2, 0) is 10.2 Å². The van der Waals surface area contributed by atoms with E-state index in [2.05, 4.69) is 10.3 Å². The van der Waals surface area contributed by atoms with Gasteiger partial charge in [-0.15, -0.1) is 0 Å². The highest BCUT2D eigenvalue weighted by molar-refractivity contribution is 7.22. The normalized spacial score (nSPS) is 11.6. The van der Waals surface area contributed by atoms with Crippen molar-refractivity contribution in [2.24, 2.45) is 0 Å². The molecule has 0 bridgehead atoms. The molecule has 0 spiro atoms. The number of nitrogens with zero attached hydrogens (tertiary/aromatic N) is 1. The van der Waals surface area contributed by atoms with Gasteiger partial charge >= 0.3 is 0 Å². The van der Waals surface area contributed by atoms with Gasteiger partial charge in [-0.1, -0.05) is 53.3 Å². The number of anilines is 1. The van der Waals surface area contributed by atoms with Gasteiger partial charge in [-0.05, 0) is 37.6 Å². The van der Waals surface area contributed by atoms with E-state index in [1.165, 1.54) is 11.3 Å². The van der Waals surface area contributed by atoms with Crippen LogP contribution in [0.3, 0.4) is 0 Å². The Morgan fingerprint density at radius 3 is 2.64 bits per heavy atom. The molecule has 2 aromatic carbocycles. The second-order valence-electron chi connectivity index (χ2n) is 5.58. The van der Waals surface area contributed by atoms with E-state index in [0.717, 1.165) is 15.8 Å². The lowest BCUT2D eigenvalue weighted by Gasteiger charge is -2.23. The molecule has 112 valence electrons. The van der Waals surface area contributed by atoms with Crippen LogP contribution in [0.15, 0.2) is 48.5 Å². The maximum absolute atomic E-state index is 12.6. The molecule has 0 atom stereocenters. The average Bonchev–Trinajstić information content (AvgIpc) is 2.89. The summed E-state index contributed by atoms with van der Waals surface area (Å²) in [4.78, 5) is 17.0. The summed E-state index contributed by atoms with van der Waals surface area (Å²) >= 11 is 7.40. The van der Waals surface area contributed by atoms with Gasteiger partial charge in [0.25, 0.3) is 0 Å². The molecule has 0 aliphatic heterocycles. The van der Waals surface area contributed by atoms with Crippen molar-refractivity contribution < 1.29 is 4.79 Å². The molecule has 0 radical (unpaired) electrons. The van der Waals surface area contributed by atoms with Crippen LogP contribution >= 0.6 is 22.9 Å². The standard InChI is InChI=1S/C17H15ClN2OS/c1-17(2,11-6-4-3-5-7-11)15(21)20-16-19-13-9-8-12(18)10-14(13)22-16/h3-10H,1-2H3,(H,19,20,21). The molecule has 1 aromatic heterocycles. The SMILES string of the molecule is CC(C)(C(=O)Nc1nc2ccc(Cl)cc2s1)c1ccccc1. The zero-order valence-electron chi connectivity index (χ0n) is 12.3. The third-order valence-electron chi connectivity index (χ3n) is 3.63. The summed E-state index contributed by atoms with van der Waals surface area (Å²) in [6.07, 6.45) is 0. The fraction of sp³-hybridized carbons (Fsp3) is 0.176. The number of thiazole rings is 1. The smallest absolute Gasteiger partial charge is 0.236 e. The molecule has 0 aliphatic carbocycles. The number of benzene rings is 2. The lowest BCUT2D eigenvalue weighted by Crippen LogP contribution is -2.34. The van der Waals surface area contributed by atoms with Gasteiger partial charge in [0.1, 0.15) is 0 Å². The fourth-order valence-corrected chi connectivity index (χ4v) is 3.33. The van der Waals surface area contributed by atoms with Crippen LogP contribution in [0.5, 0.6) is 0 Å². The molecule has 1 N–H and O–H groups in total. The quantitative estimate of drug-likeness (QED) is 0.744. The van der Waals surface area contributed by atoms with Crippen LogP contribution in [0.1, 0.15) is 19.4 Å². The van der Waals surface area contributed by atoms with Crippen molar-refractivity contribution in [2.75, 3.05) is 5.32 Å². The highest BCUT2D eigenvalue weighted by Crippen LogP contribution is 2.30. The predicted octanol–water partition coefficient (Wildman–Crippen LogP) is 4.87. The first-order chi connectivity index (χ1) is 10.5. The minimum atomic E-state index is -0.628. The Balaban J connectivity index is 1.86. The molecule has 0 saturated carbocycles. The Morgan fingerprint density at radius 2 is 1.91 bits per heavy atom. The molecule has 0 aliphatic rings. The maximum Gasteiger partial charge on any atom is 0.236 e. The summed E-state index contributed by atoms with van der Waals surface area (Å²) in [5, 5.41) is 4.17. The molecular formula is C17H15ClN2OS. The summed E-state index contributed by atoms with van der Waals surface area (Å²) in [5.41, 5.74) is 1.18. The average molecular weight is 331 g/mol. The maximum atomic E-state index is 12.6. The lowest BCUT2D eigenvalue weighted by atomic mass is 9.84. The van der Waals surface area contributed by atoms with E-state index in [1.54, 1.807) is 6.07 Å². The molecule has 1 heterocycles. The summed E-state index contributed by atoms with van der Waals surface area (Å²) in [6.45, 7) is 3.81. The van der Waals surface area contributed by atoms with Crippen molar-refractivity contribution in [3.05, 3.63) is 59.1 Å². The van der Waals surface area contributed by atoms with Crippen LogP contribution in [-0.4, -0.2) is 10.9 Å². The minimum Gasteiger partial charge on any atom is -0.301 e. The summed E-state index contributed by atoms with van der Waals surface area (Å²) in [7, 11) is 0. The Bertz CT molecular complexity index is 827. The van der Waals surface area contributed by atoms with Crippen molar-refractivity contribution in [2.45, 2.75) is 19.3 Å². The second-order valence-corrected chi connectivity index (χ2v) is 7.04. The highest BCUT2D eigenvalue weighted by Gasteiger charge is 2.30. The third kappa shape index (κ3) is 2.85. The number of carbonyl (C=O) groups is 1. The number of amides is 1. The first kappa shape index (κ1) is 15.0. The van der Waals surface area contributed by atoms with Gasteiger partial charge in [0.05, 0.1) is 15.6 Å². The molecule has 3 aromatic rings. The van der Waals surface area contributed by atoms with Crippen LogP contribution in [0, 0.1) is 0 Å². The highest BCUT2D eigenvalue weighted by atomic mass is 35.5. The summed E-state index contributed by atoms with van der Waals surface area (Å²) in [5.74, 6) is -0.0798. The largest absolute Gasteiger partial charge is 0.301 e. The van der Waals surface area contributed by atoms with Crippen LogP contribution in [0.4, 0.5) is 5.13 Å². The number of aromatic nitrogens is 1. The summed E-state index contributed by atoms with van der Waals surface area (Å²) in [6, 6.07) is 15.2. The van der Waals surface area contributed by atoms with E-state index in [-0.39, 0.29) is 5.91 Å². The van der Waals surface area contributed by atoms with E-state index in [1.807, 2.05) is 56.3 Å². The van der Waals surface area contributed by atoms with Crippen LogP contribution in [0.2, 0.25) is 5.02 Å². The number of hydrogen-bond acceptors (Lipinski definition) is 3. The minimum absolute atomic E-state index is 0.0798. The van der Waals surface area contributed by atoms with Gasteiger partial charge in [0, 0.05) is 5.02 Å². The van der Waals surface area contributed by atoms with E-state index in [9.17, 15) is 4.79 Å². The van der Waals surface area contributed by atoms with Gasteiger partial charge in [0.2, 0.25) is 5.91 Å². The molecule has 3 nitrogen and oxygen atoms in total. The molecular weight excluding hydrogens is 316 g/mol. The van der Waals surface area contributed by atoms with Crippen molar-refractivity contribution in [1.29, 1.82) is 0 Å². The molecule has 0 saturated heterocycles. The third-order valence-corrected chi connectivity index (χ3v) is 4.80. The second kappa shape index (κ2) is 5.71. The van der Waals surface area contributed by atoms with Crippen LogP contribution < -0.4 is 5.32 Å². The first-order valence-corrected chi connectivity index (χ1v) is 8.09. The molecule has 3 rings (SSSR count). The molecule has 5 heteroatoms. The Labute approximate surface area is 138 Å². The van der Waals surface area contributed by atoms with Gasteiger partial charge in [-0.2, -0.15) is 0 Å². The first-order valence-electron chi connectivity index (χ1n) is 6.90. The van der Waals surface area contributed by atoms with Crippen molar-refractivity contribution in [3.8, 4) is 0 Å². The number of nitrogens with one attached hydrogen (secondary N) is 1. The number of fused-ring (bicyclic) bond motifs is 1. The Kier molecular flexibility index (Phi) is 3.89. The zero-order valence-corrected chi connectivity index (χ0v) is 13.8. The molecule has 0 unspecified atom stereocenters. The van der Waals surface area contributed by atoms with Crippen molar-refractivity contribution >= 4 is 44.2 Å². The monoisotopic (exact) mass is 330 g/mol. The molecule has 0 fully saturated rings. The number of hydrogen-bond donors (Lipinski definition) is 1. The lowest BCUT2D eigenvalue weighted by molar-refractivity contribution is -0.120. The van der Waals surface area contributed by atoms with E-state index < -0.39 is 5.41 Å². The number of rotatable bonds is 3. The Morgan fingerprint density at radius 1 is 1.18 bits per heavy atom. The van der Waals surface area contributed by atoms with Crippen molar-refractivity contribution in [3.63, 3.8) is 0 Å². The summed E-state index contributed by atoms with van der Waals surface area (Å²) < 4.78 is 0.959. The van der Waals surface area contributed by atoms with Gasteiger partial charge in [0.15, 0.2) is 5.13 Å². The topological polar surface area (TPSA) is 42.0 Å². The molecule has 1 amide bonds. The zero-order chi connectivity index (χ0) is 15.7. The van der Waals surface area contributed by atoms with Gasteiger partial charge in [-0.3, -0.25) is 4.79 Å². The van der Waals surface area contributed by atoms with Gasteiger partial charge < -0.3 is 5.32 Å². The fourth-order valence-electron chi connectivity index (χ4n) is 2.19. The number of halogens is 1. The molecule has 22 heavy (non-hydrogen) atoms. The van der Waals surface area contributed by atoms with Crippen LogP contribution in [0.25, 0.3) is 10.2 Å². The van der Waals surface area contributed by atoms with E-state index >= 15 is 0 Å². The van der Waals surface area contributed by atoms with E-state index in [0.29, 0.717) is 10.2 Å².